The van der Waals surface area contributed by atoms with E-state index in [1.165, 1.54) is 18.2 Å². The number of carbonyl (C=O) groups excluding carboxylic acids is 2. The molecular formula is C21H16O10. The minimum atomic E-state index is -0.926. The highest BCUT2D eigenvalue weighted by Gasteiger charge is 2.18. The molecular weight excluding hydrogens is 412 g/mol. The molecule has 160 valence electrons. The number of esters is 2. The Bertz CT molecular complexity index is 1150. The van der Waals surface area contributed by atoms with E-state index in [4.69, 9.17) is 9.47 Å². The Morgan fingerprint density at radius 3 is 1.48 bits per heavy atom. The highest BCUT2D eigenvalue weighted by molar-refractivity contribution is 5.93. The van der Waals surface area contributed by atoms with Crippen LogP contribution in [0.15, 0.2) is 42.5 Å². The molecule has 10 heteroatoms. The molecule has 3 rings (SSSR count). The van der Waals surface area contributed by atoms with Crippen LogP contribution >= 0.6 is 0 Å². The maximum Gasteiger partial charge on any atom is 0.343 e. The lowest BCUT2D eigenvalue weighted by molar-refractivity contribution is 0.0717. The molecule has 0 aliphatic heterocycles. The first-order valence-electron chi connectivity index (χ1n) is 8.61. The topological polar surface area (TPSA) is 174 Å². The van der Waals surface area contributed by atoms with Crippen molar-refractivity contribution in [3.8, 4) is 46.0 Å². The average Bonchev–Trinajstić information content (AvgIpc) is 2.71. The summed E-state index contributed by atoms with van der Waals surface area (Å²) in [7, 11) is 0. The van der Waals surface area contributed by atoms with Crippen molar-refractivity contribution in [3.05, 3.63) is 59.2 Å². The minimum absolute atomic E-state index is 0.0641. The lowest BCUT2D eigenvalue weighted by atomic mass is 10.1. The van der Waals surface area contributed by atoms with Crippen LogP contribution in [0.25, 0.3) is 0 Å². The first kappa shape index (κ1) is 21.1. The number of aryl methyl sites for hydroxylation is 1. The van der Waals surface area contributed by atoms with E-state index in [1.54, 1.807) is 6.92 Å². The van der Waals surface area contributed by atoms with Gasteiger partial charge in [-0.25, -0.2) is 9.59 Å². The number of phenols is 6. The molecule has 10 nitrogen and oxygen atoms in total. The number of phenolic OH excluding ortho intramolecular Hbond substituents is 6. The van der Waals surface area contributed by atoms with E-state index < -0.39 is 46.4 Å². The fourth-order valence-corrected chi connectivity index (χ4v) is 2.57. The first-order valence-corrected chi connectivity index (χ1v) is 8.61. The van der Waals surface area contributed by atoms with Crippen LogP contribution in [-0.2, 0) is 0 Å². The van der Waals surface area contributed by atoms with Gasteiger partial charge in [-0.15, -0.1) is 0 Å². The van der Waals surface area contributed by atoms with Crippen molar-refractivity contribution in [3.63, 3.8) is 0 Å². The van der Waals surface area contributed by atoms with Crippen molar-refractivity contribution >= 4 is 11.9 Å². The molecule has 0 aliphatic rings. The number of carbonyl (C=O) groups is 2. The van der Waals surface area contributed by atoms with E-state index in [1.807, 2.05) is 0 Å². The van der Waals surface area contributed by atoms with Gasteiger partial charge in [0.15, 0.2) is 34.5 Å². The zero-order valence-electron chi connectivity index (χ0n) is 15.9. The highest BCUT2D eigenvalue weighted by atomic mass is 16.5. The van der Waals surface area contributed by atoms with E-state index in [-0.39, 0.29) is 22.6 Å². The largest absolute Gasteiger partial charge is 0.504 e. The lowest BCUT2D eigenvalue weighted by Gasteiger charge is -2.11. The molecule has 0 heterocycles. The van der Waals surface area contributed by atoms with Gasteiger partial charge in [0, 0.05) is 0 Å². The van der Waals surface area contributed by atoms with Crippen LogP contribution in [0.5, 0.6) is 46.0 Å². The molecule has 0 aromatic heterocycles. The van der Waals surface area contributed by atoms with Crippen LogP contribution in [0.3, 0.4) is 0 Å². The lowest BCUT2D eigenvalue weighted by Crippen LogP contribution is -2.10. The molecule has 31 heavy (non-hydrogen) atoms. The van der Waals surface area contributed by atoms with Crippen molar-refractivity contribution in [2.24, 2.45) is 0 Å². The summed E-state index contributed by atoms with van der Waals surface area (Å²) in [6, 6.07) is 7.72. The molecule has 6 N–H and O–H groups in total. The van der Waals surface area contributed by atoms with Crippen molar-refractivity contribution in [1.82, 2.24) is 0 Å². The summed E-state index contributed by atoms with van der Waals surface area (Å²) in [4.78, 5) is 24.4. The summed E-state index contributed by atoms with van der Waals surface area (Å²) in [6.45, 7) is 1.56. The molecule has 0 unspecified atom stereocenters. The van der Waals surface area contributed by atoms with E-state index in [0.717, 1.165) is 24.3 Å². The van der Waals surface area contributed by atoms with Gasteiger partial charge in [0.1, 0.15) is 11.5 Å². The Morgan fingerprint density at radius 2 is 1.06 bits per heavy atom. The van der Waals surface area contributed by atoms with Gasteiger partial charge in [0.2, 0.25) is 0 Å². The second-order valence-electron chi connectivity index (χ2n) is 6.43. The number of hydrogen-bond acceptors (Lipinski definition) is 10. The molecule has 0 saturated heterocycles. The maximum atomic E-state index is 12.2. The van der Waals surface area contributed by atoms with Gasteiger partial charge < -0.3 is 40.1 Å². The van der Waals surface area contributed by atoms with Gasteiger partial charge in [-0.2, -0.15) is 0 Å². The number of hydrogen-bond donors (Lipinski definition) is 6. The van der Waals surface area contributed by atoms with Crippen LogP contribution in [-0.4, -0.2) is 42.6 Å². The average molecular weight is 428 g/mol. The number of ether oxygens (including phenoxy) is 2. The first-order chi connectivity index (χ1) is 14.6. The van der Waals surface area contributed by atoms with Crippen LogP contribution in [0.4, 0.5) is 0 Å². The summed E-state index contributed by atoms with van der Waals surface area (Å²) < 4.78 is 10.3. The fourth-order valence-electron chi connectivity index (χ4n) is 2.57. The monoisotopic (exact) mass is 428 g/mol. The molecule has 0 atom stereocenters. The van der Waals surface area contributed by atoms with E-state index >= 15 is 0 Å². The predicted molar refractivity (Wildman–Crippen MR) is 104 cm³/mol. The SMILES string of the molecule is Cc1cc(OC(=O)c2cc(O)c(O)c(O)c2)ccc1OC(=O)c1cc(O)c(O)c(O)c1. The Morgan fingerprint density at radius 1 is 0.645 bits per heavy atom. The second-order valence-corrected chi connectivity index (χ2v) is 6.43. The summed E-state index contributed by atoms with van der Waals surface area (Å²) in [6.07, 6.45) is 0. The van der Waals surface area contributed by atoms with Crippen LogP contribution in [0.2, 0.25) is 0 Å². The molecule has 0 amide bonds. The zero-order valence-corrected chi connectivity index (χ0v) is 15.9. The van der Waals surface area contributed by atoms with Crippen molar-refractivity contribution < 1.29 is 49.7 Å². The maximum absolute atomic E-state index is 12.2. The van der Waals surface area contributed by atoms with Crippen molar-refractivity contribution in [2.75, 3.05) is 0 Å². The smallest absolute Gasteiger partial charge is 0.343 e. The zero-order chi connectivity index (χ0) is 22.9. The Hall–Kier alpha value is -4.60. The van der Waals surface area contributed by atoms with Crippen molar-refractivity contribution in [1.29, 1.82) is 0 Å². The van der Waals surface area contributed by atoms with E-state index in [0.29, 0.717) is 5.56 Å². The molecule has 0 bridgehead atoms. The summed E-state index contributed by atoms with van der Waals surface area (Å²) in [5.74, 6) is -6.02. The van der Waals surface area contributed by atoms with E-state index in [9.17, 15) is 40.2 Å². The summed E-state index contributed by atoms with van der Waals surface area (Å²) >= 11 is 0. The number of rotatable bonds is 4. The molecule has 3 aromatic rings. The van der Waals surface area contributed by atoms with Gasteiger partial charge >= 0.3 is 11.9 Å². The number of aromatic hydroxyl groups is 6. The third-order valence-corrected chi connectivity index (χ3v) is 4.17. The minimum Gasteiger partial charge on any atom is -0.504 e. The fraction of sp³-hybridized carbons (Fsp3) is 0.0476. The molecule has 3 aromatic carbocycles. The van der Waals surface area contributed by atoms with Crippen LogP contribution in [0.1, 0.15) is 26.3 Å². The van der Waals surface area contributed by atoms with Gasteiger partial charge in [-0.05, 0) is 55.0 Å². The molecule has 0 saturated carbocycles. The predicted octanol–water partition coefficient (Wildman–Crippen LogP) is 2.67. The van der Waals surface area contributed by atoms with Gasteiger partial charge in [-0.3, -0.25) is 0 Å². The molecule has 0 aliphatic carbocycles. The Kier molecular flexibility index (Phi) is 5.47. The third-order valence-electron chi connectivity index (χ3n) is 4.17. The molecule has 0 spiro atoms. The standard InChI is InChI=1S/C21H16O10/c1-9-4-12(30-20(28)10-5-13(22)18(26)14(23)6-10)2-3-17(9)31-21(29)11-7-15(24)19(27)16(25)8-11/h2-8,22-27H,1H3. The second kappa shape index (κ2) is 8.03. The highest BCUT2D eigenvalue weighted by Crippen LogP contribution is 2.37. The van der Waals surface area contributed by atoms with E-state index in [2.05, 4.69) is 0 Å². The third kappa shape index (κ3) is 4.37. The number of benzene rings is 3. The van der Waals surface area contributed by atoms with Gasteiger partial charge in [0.05, 0.1) is 11.1 Å². The summed E-state index contributed by atoms with van der Waals surface area (Å²) in [5.41, 5.74) is -0.0372. The molecule has 0 radical (unpaired) electrons. The molecule has 0 fully saturated rings. The van der Waals surface area contributed by atoms with Gasteiger partial charge in [-0.1, -0.05) is 0 Å². The Balaban J connectivity index is 1.76. The normalized spacial score (nSPS) is 10.5. The van der Waals surface area contributed by atoms with Crippen molar-refractivity contribution in [2.45, 2.75) is 6.92 Å². The Labute approximate surface area is 174 Å². The van der Waals surface area contributed by atoms with Gasteiger partial charge in [0.25, 0.3) is 0 Å². The van der Waals surface area contributed by atoms with Crippen LogP contribution in [0, 0.1) is 6.92 Å². The summed E-state index contributed by atoms with van der Waals surface area (Å²) in [5, 5.41) is 56.7. The van der Waals surface area contributed by atoms with Crippen LogP contribution < -0.4 is 9.47 Å². The quantitative estimate of drug-likeness (QED) is 0.206.